The van der Waals surface area contributed by atoms with E-state index in [1.54, 1.807) is 6.92 Å². The molecule has 116 valence electrons. The van der Waals surface area contributed by atoms with E-state index in [9.17, 15) is 14.4 Å². The highest BCUT2D eigenvalue weighted by Gasteiger charge is 2.36. The zero-order valence-electron chi connectivity index (χ0n) is 12.2. The maximum absolute atomic E-state index is 12.1. The fourth-order valence-electron chi connectivity index (χ4n) is 2.18. The van der Waals surface area contributed by atoms with Gasteiger partial charge in [0.05, 0.1) is 12.6 Å². The summed E-state index contributed by atoms with van der Waals surface area (Å²) in [5.41, 5.74) is 0.998. The van der Waals surface area contributed by atoms with E-state index in [2.05, 4.69) is 0 Å². The van der Waals surface area contributed by atoms with Crippen LogP contribution in [-0.4, -0.2) is 42.1 Å². The normalized spacial score (nSPS) is 17.6. The number of rotatable bonds is 5. The number of imide groups is 1. The molecule has 0 saturated carbocycles. The highest BCUT2D eigenvalue weighted by atomic mass is 16.6. The first kappa shape index (κ1) is 15.8. The van der Waals surface area contributed by atoms with Crippen molar-refractivity contribution in [2.75, 3.05) is 13.2 Å². The van der Waals surface area contributed by atoms with Gasteiger partial charge in [-0.2, -0.15) is 0 Å². The zero-order valence-corrected chi connectivity index (χ0v) is 12.2. The van der Waals surface area contributed by atoms with Crippen molar-refractivity contribution in [2.24, 2.45) is 0 Å². The lowest BCUT2D eigenvalue weighted by atomic mass is 10.1. The Balaban J connectivity index is 2.04. The fourth-order valence-corrected chi connectivity index (χ4v) is 2.18. The number of hydrogen-bond acceptors (Lipinski definition) is 5. The first-order chi connectivity index (χ1) is 10.6. The summed E-state index contributed by atoms with van der Waals surface area (Å²) in [5, 5.41) is 0. The van der Waals surface area contributed by atoms with E-state index in [0.717, 1.165) is 22.6 Å². The van der Waals surface area contributed by atoms with Gasteiger partial charge in [0.15, 0.2) is 0 Å². The highest BCUT2D eigenvalue weighted by Crippen LogP contribution is 2.17. The summed E-state index contributed by atoms with van der Waals surface area (Å²) in [4.78, 5) is 36.1. The predicted molar refractivity (Wildman–Crippen MR) is 77.9 cm³/mol. The number of nitrogens with zero attached hydrogens (tertiary/aromatic N) is 1. The third-order valence-corrected chi connectivity index (χ3v) is 3.16. The highest BCUT2D eigenvalue weighted by molar-refractivity contribution is 6.02. The first-order valence-corrected chi connectivity index (χ1v) is 7.00. The van der Waals surface area contributed by atoms with Crippen LogP contribution in [0.15, 0.2) is 42.5 Å². The van der Waals surface area contributed by atoms with Crippen LogP contribution in [0, 0.1) is 0 Å². The van der Waals surface area contributed by atoms with E-state index in [1.165, 1.54) is 0 Å². The minimum atomic E-state index is -0.695. The smallest absolute Gasteiger partial charge is 0.417 e. The number of carbonyl (C=O) groups excluding carboxylic acids is 3. The molecule has 1 fully saturated rings. The van der Waals surface area contributed by atoms with Gasteiger partial charge in [0.2, 0.25) is 0 Å². The summed E-state index contributed by atoms with van der Waals surface area (Å²) < 4.78 is 9.63. The summed E-state index contributed by atoms with van der Waals surface area (Å²) in [6, 6.07) is 9.12. The molecule has 0 radical (unpaired) electrons. The molecule has 0 N–H and O–H groups in total. The summed E-state index contributed by atoms with van der Waals surface area (Å²) in [6.45, 7) is 2.04. The summed E-state index contributed by atoms with van der Waals surface area (Å²) in [5.74, 6) is -1.21. The largest absolute Gasteiger partial charge is 0.463 e. The Hall–Kier alpha value is -2.63. The molecule has 2 amide bonds. The number of carbonyl (C=O) groups is 3. The van der Waals surface area contributed by atoms with Crippen LogP contribution < -0.4 is 0 Å². The number of cyclic esters (lactones) is 1. The monoisotopic (exact) mass is 303 g/mol. The summed E-state index contributed by atoms with van der Waals surface area (Å²) in [7, 11) is 0. The Kier molecular flexibility index (Phi) is 5.30. The minimum Gasteiger partial charge on any atom is -0.463 e. The van der Waals surface area contributed by atoms with E-state index in [0.29, 0.717) is 6.42 Å². The van der Waals surface area contributed by atoms with Crippen molar-refractivity contribution in [3.05, 3.63) is 48.0 Å². The maximum atomic E-state index is 12.1. The maximum Gasteiger partial charge on any atom is 0.417 e. The van der Waals surface area contributed by atoms with E-state index in [1.807, 2.05) is 30.3 Å². The lowest BCUT2D eigenvalue weighted by Crippen LogP contribution is -2.39. The second kappa shape index (κ2) is 7.40. The number of benzene rings is 1. The third kappa shape index (κ3) is 3.94. The molecule has 22 heavy (non-hydrogen) atoms. The molecule has 0 spiro atoms. The van der Waals surface area contributed by atoms with E-state index < -0.39 is 18.0 Å². The summed E-state index contributed by atoms with van der Waals surface area (Å²) in [6.07, 6.45) is 1.85. The molecule has 1 heterocycles. The van der Waals surface area contributed by atoms with Crippen molar-refractivity contribution >= 4 is 18.0 Å². The molecular formula is C16H17NO5. The van der Waals surface area contributed by atoms with Gasteiger partial charge in [-0.05, 0) is 18.9 Å². The first-order valence-electron chi connectivity index (χ1n) is 7.00. The molecule has 0 aliphatic carbocycles. The zero-order chi connectivity index (χ0) is 15.9. The van der Waals surface area contributed by atoms with E-state index >= 15 is 0 Å². The van der Waals surface area contributed by atoms with Crippen molar-refractivity contribution in [3.8, 4) is 0 Å². The van der Waals surface area contributed by atoms with E-state index in [4.69, 9.17) is 9.47 Å². The second-order valence-corrected chi connectivity index (χ2v) is 4.71. The molecule has 1 aromatic carbocycles. The third-order valence-electron chi connectivity index (χ3n) is 3.16. The van der Waals surface area contributed by atoms with Crippen molar-refractivity contribution < 1.29 is 23.9 Å². The molecule has 0 bridgehead atoms. The van der Waals surface area contributed by atoms with Crippen LogP contribution in [0.3, 0.4) is 0 Å². The molecule has 1 saturated heterocycles. The average molecular weight is 303 g/mol. The number of hydrogen-bond donors (Lipinski definition) is 0. The Labute approximate surface area is 128 Å². The minimum absolute atomic E-state index is 0.146. The van der Waals surface area contributed by atoms with Gasteiger partial charge in [0.25, 0.3) is 5.91 Å². The van der Waals surface area contributed by atoms with Crippen molar-refractivity contribution in [1.82, 2.24) is 4.90 Å². The molecule has 6 nitrogen and oxygen atoms in total. The molecule has 6 heteroatoms. The SMILES string of the molecule is CCOC(=O)/C=C/C(=O)N1C(=O)OCC1Cc1ccccc1. The van der Waals surface area contributed by atoms with Gasteiger partial charge in [0, 0.05) is 12.2 Å². The molecule has 0 aromatic heterocycles. The Morgan fingerprint density at radius 3 is 2.73 bits per heavy atom. The van der Waals surface area contributed by atoms with Gasteiger partial charge in [-0.1, -0.05) is 30.3 Å². The molecule has 1 unspecified atom stereocenters. The number of ether oxygens (including phenoxy) is 2. The van der Waals surface area contributed by atoms with Gasteiger partial charge >= 0.3 is 12.1 Å². The fraction of sp³-hybridized carbons (Fsp3) is 0.312. The van der Waals surface area contributed by atoms with Crippen molar-refractivity contribution in [3.63, 3.8) is 0 Å². The number of esters is 1. The van der Waals surface area contributed by atoms with Crippen LogP contribution >= 0.6 is 0 Å². The van der Waals surface area contributed by atoms with Crippen molar-refractivity contribution in [2.45, 2.75) is 19.4 Å². The van der Waals surface area contributed by atoms with Crippen molar-refractivity contribution in [1.29, 1.82) is 0 Å². The lowest BCUT2D eigenvalue weighted by Gasteiger charge is -2.17. The van der Waals surface area contributed by atoms with Crippen LogP contribution in [0.4, 0.5) is 4.79 Å². The Morgan fingerprint density at radius 2 is 2.05 bits per heavy atom. The molecular weight excluding hydrogens is 286 g/mol. The Bertz CT molecular complexity index is 581. The quantitative estimate of drug-likeness (QED) is 0.611. The second-order valence-electron chi connectivity index (χ2n) is 4.71. The Morgan fingerprint density at radius 1 is 1.32 bits per heavy atom. The molecule has 1 aliphatic heterocycles. The average Bonchev–Trinajstić information content (AvgIpc) is 2.87. The van der Waals surface area contributed by atoms with Gasteiger partial charge in [-0.25, -0.2) is 14.5 Å². The molecule has 1 atom stereocenters. The van der Waals surface area contributed by atoms with Gasteiger partial charge in [-0.3, -0.25) is 4.79 Å². The van der Waals surface area contributed by atoms with Crippen LogP contribution in [0.2, 0.25) is 0 Å². The summed E-state index contributed by atoms with van der Waals surface area (Å²) >= 11 is 0. The van der Waals surface area contributed by atoms with Gasteiger partial charge < -0.3 is 9.47 Å². The standard InChI is InChI=1S/C16H17NO5/c1-2-21-15(19)9-8-14(18)17-13(11-22-16(17)20)10-12-6-4-3-5-7-12/h3-9,13H,2,10-11H2,1H3/b9-8+. The van der Waals surface area contributed by atoms with E-state index in [-0.39, 0.29) is 19.3 Å². The lowest BCUT2D eigenvalue weighted by molar-refractivity contribution is -0.137. The van der Waals surface area contributed by atoms with Gasteiger partial charge in [-0.15, -0.1) is 0 Å². The van der Waals surface area contributed by atoms with Crippen LogP contribution in [0.5, 0.6) is 0 Å². The molecule has 1 aliphatic rings. The molecule has 1 aromatic rings. The predicted octanol–water partition coefficient (Wildman–Crippen LogP) is 1.70. The van der Waals surface area contributed by atoms with Crippen LogP contribution in [0.25, 0.3) is 0 Å². The molecule has 2 rings (SSSR count). The van der Waals surface area contributed by atoms with Gasteiger partial charge in [0.1, 0.15) is 6.61 Å². The van der Waals surface area contributed by atoms with Crippen LogP contribution in [0.1, 0.15) is 12.5 Å². The topological polar surface area (TPSA) is 72.9 Å². The number of amides is 2. The van der Waals surface area contributed by atoms with Crippen LogP contribution in [-0.2, 0) is 25.5 Å².